The zero-order valence-corrected chi connectivity index (χ0v) is 14.4. The Balaban J connectivity index is 2.26. The highest BCUT2D eigenvalue weighted by atomic mass is 16.5. The fraction of sp³-hybridized carbons (Fsp3) is 0.316. The lowest BCUT2D eigenvalue weighted by molar-refractivity contribution is 0.0519. The van der Waals surface area contributed by atoms with Crippen LogP contribution in [0.5, 0.6) is 0 Å². The van der Waals surface area contributed by atoms with Gasteiger partial charge in [-0.15, -0.1) is 0 Å². The molecule has 0 saturated carbocycles. The lowest BCUT2D eigenvalue weighted by atomic mass is 9.86. The maximum atomic E-state index is 12.5. The number of anilines is 1. The van der Waals surface area contributed by atoms with Gasteiger partial charge in [-0.3, -0.25) is 4.79 Å². The molecule has 1 aromatic carbocycles. The van der Waals surface area contributed by atoms with E-state index in [1.54, 1.807) is 19.1 Å². The van der Waals surface area contributed by atoms with E-state index in [1.165, 1.54) is 6.07 Å². The van der Waals surface area contributed by atoms with Gasteiger partial charge in [-0.05, 0) is 36.1 Å². The lowest BCUT2D eigenvalue weighted by Crippen LogP contribution is -2.20. The molecule has 0 spiro atoms. The van der Waals surface area contributed by atoms with Crippen LogP contribution in [0.4, 0.5) is 5.69 Å². The van der Waals surface area contributed by atoms with E-state index >= 15 is 0 Å². The minimum Gasteiger partial charge on any atom is -0.461 e. The molecular weight excluding hydrogens is 304 g/mol. The maximum absolute atomic E-state index is 12.5. The highest BCUT2D eigenvalue weighted by Gasteiger charge is 2.20. The predicted octanol–water partition coefficient (Wildman–Crippen LogP) is 3.81. The molecule has 5 nitrogen and oxygen atoms in total. The van der Waals surface area contributed by atoms with Crippen molar-refractivity contribution in [3.8, 4) is 0 Å². The normalized spacial score (nSPS) is 11.0. The van der Waals surface area contributed by atoms with Gasteiger partial charge in [0, 0.05) is 5.69 Å². The second-order valence-electron chi connectivity index (χ2n) is 6.38. The minimum absolute atomic E-state index is 0.107. The summed E-state index contributed by atoms with van der Waals surface area (Å²) in [5.41, 5.74) is 1.94. The number of ether oxygens (including phenoxy) is 1. The summed E-state index contributed by atoms with van der Waals surface area (Å²) in [4.78, 5) is 28.3. The van der Waals surface area contributed by atoms with E-state index in [-0.39, 0.29) is 29.3 Å². The summed E-state index contributed by atoms with van der Waals surface area (Å²) >= 11 is 0. The molecule has 24 heavy (non-hydrogen) atoms. The summed E-state index contributed by atoms with van der Waals surface area (Å²) in [6.07, 6.45) is 0. The number of benzene rings is 1. The highest BCUT2D eigenvalue weighted by molar-refractivity contribution is 6.04. The summed E-state index contributed by atoms with van der Waals surface area (Å²) in [7, 11) is 0. The topological polar surface area (TPSA) is 68.3 Å². The van der Waals surface area contributed by atoms with Gasteiger partial charge >= 0.3 is 5.97 Å². The molecule has 5 heteroatoms. The van der Waals surface area contributed by atoms with E-state index < -0.39 is 5.97 Å². The molecule has 1 N–H and O–H groups in total. The number of carbonyl (C=O) groups is 2. The molecule has 0 aliphatic rings. The van der Waals surface area contributed by atoms with E-state index in [2.05, 4.69) is 31.1 Å². The SMILES string of the molecule is CCOC(=O)c1cccc(C(=O)Nc2ccccc2C(C)(C)C)n1. The smallest absolute Gasteiger partial charge is 0.356 e. The lowest BCUT2D eigenvalue weighted by Gasteiger charge is -2.22. The number of rotatable bonds is 4. The zero-order valence-electron chi connectivity index (χ0n) is 14.4. The Hall–Kier alpha value is -2.69. The molecular formula is C19H22N2O3. The zero-order chi connectivity index (χ0) is 17.7. The van der Waals surface area contributed by atoms with E-state index in [0.717, 1.165) is 11.3 Å². The van der Waals surface area contributed by atoms with Crippen molar-refractivity contribution in [2.24, 2.45) is 0 Å². The van der Waals surface area contributed by atoms with Crippen molar-refractivity contribution in [1.29, 1.82) is 0 Å². The van der Waals surface area contributed by atoms with Crippen LogP contribution < -0.4 is 5.32 Å². The van der Waals surface area contributed by atoms with Gasteiger partial charge in [0.2, 0.25) is 0 Å². The van der Waals surface area contributed by atoms with Crippen molar-refractivity contribution in [1.82, 2.24) is 4.98 Å². The number of para-hydroxylation sites is 1. The first kappa shape index (κ1) is 17.7. The number of carbonyl (C=O) groups excluding carboxylic acids is 2. The van der Waals surface area contributed by atoms with Crippen molar-refractivity contribution >= 4 is 17.6 Å². The van der Waals surface area contributed by atoms with Crippen LogP contribution >= 0.6 is 0 Å². The summed E-state index contributed by atoms with van der Waals surface area (Å²) in [5, 5.41) is 2.88. The first-order valence-electron chi connectivity index (χ1n) is 7.88. The molecule has 0 saturated heterocycles. The number of aromatic nitrogens is 1. The molecule has 0 aliphatic carbocycles. The number of amides is 1. The van der Waals surface area contributed by atoms with Crippen LogP contribution in [0.15, 0.2) is 42.5 Å². The number of nitrogens with zero attached hydrogens (tertiary/aromatic N) is 1. The van der Waals surface area contributed by atoms with Crippen molar-refractivity contribution in [3.63, 3.8) is 0 Å². The monoisotopic (exact) mass is 326 g/mol. The van der Waals surface area contributed by atoms with Gasteiger partial charge in [-0.1, -0.05) is 45.0 Å². The molecule has 126 valence electrons. The molecule has 0 bridgehead atoms. The van der Waals surface area contributed by atoms with Crippen molar-refractivity contribution < 1.29 is 14.3 Å². The van der Waals surface area contributed by atoms with Gasteiger partial charge in [-0.2, -0.15) is 0 Å². The molecule has 1 aromatic heterocycles. The van der Waals surface area contributed by atoms with Gasteiger partial charge in [0.15, 0.2) is 0 Å². The van der Waals surface area contributed by atoms with E-state index in [9.17, 15) is 9.59 Å². The Labute approximate surface area is 142 Å². The van der Waals surface area contributed by atoms with Crippen molar-refractivity contribution in [2.45, 2.75) is 33.1 Å². The maximum Gasteiger partial charge on any atom is 0.356 e. The number of esters is 1. The average Bonchev–Trinajstić information content (AvgIpc) is 2.54. The number of nitrogens with one attached hydrogen (secondary N) is 1. The first-order valence-corrected chi connectivity index (χ1v) is 7.88. The second-order valence-corrected chi connectivity index (χ2v) is 6.38. The molecule has 1 amide bonds. The fourth-order valence-corrected chi connectivity index (χ4v) is 2.31. The quantitative estimate of drug-likeness (QED) is 0.868. The summed E-state index contributed by atoms with van der Waals surface area (Å²) in [6, 6.07) is 12.4. The van der Waals surface area contributed by atoms with Gasteiger partial charge in [0.05, 0.1) is 6.61 Å². The predicted molar refractivity (Wildman–Crippen MR) is 93.3 cm³/mol. The molecule has 0 radical (unpaired) electrons. The third kappa shape index (κ3) is 4.19. The minimum atomic E-state index is -0.540. The van der Waals surface area contributed by atoms with Crippen LogP contribution in [0.2, 0.25) is 0 Å². The Morgan fingerprint density at radius 2 is 1.71 bits per heavy atom. The molecule has 0 fully saturated rings. The van der Waals surface area contributed by atoms with Crippen LogP contribution in [-0.4, -0.2) is 23.5 Å². The van der Waals surface area contributed by atoms with Crippen LogP contribution in [0, 0.1) is 0 Å². The van der Waals surface area contributed by atoms with Crippen LogP contribution in [0.1, 0.15) is 54.2 Å². The second kappa shape index (κ2) is 7.25. The Kier molecular flexibility index (Phi) is 5.34. The van der Waals surface area contributed by atoms with Crippen molar-refractivity contribution in [3.05, 3.63) is 59.4 Å². The fourth-order valence-electron chi connectivity index (χ4n) is 2.31. The van der Waals surface area contributed by atoms with E-state index in [0.29, 0.717) is 0 Å². The summed E-state index contributed by atoms with van der Waals surface area (Å²) in [5.74, 6) is -0.903. The van der Waals surface area contributed by atoms with Crippen molar-refractivity contribution in [2.75, 3.05) is 11.9 Å². The molecule has 0 atom stereocenters. The average molecular weight is 326 g/mol. The van der Waals surface area contributed by atoms with Crippen LogP contribution in [0.25, 0.3) is 0 Å². The van der Waals surface area contributed by atoms with Crippen LogP contribution in [0.3, 0.4) is 0 Å². The highest BCUT2D eigenvalue weighted by Crippen LogP contribution is 2.29. The molecule has 2 rings (SSSR count). The van der Waals surface area contributed by atoms with Crippen LogP contribution in [-0.2, 0) is 10.2 Å². The van der Waals surface area contributed by atoms with Gasteiger partial charge in [-0.25, -0.2) is 9.78 Å². The van der Waals surface area contributed by atoms with Gasteiger partial charge in [0.25, 0.3) is 5.91 Å². The number of hydrogen-bond donors (Lipinski definition) is 1. The molecule has 1 heterocycles. The summed E-state index contributed by atoms with van der Waals surface area (Å²) < 4.78 is 4.91. The standard InChI is InChI=1S/C19H22N2O3/c1-5-24-18(23)16-12-8-11-15(20-16)17(22)21-14-10-7-6-9-13(14)19(2,3)4/h6-12H,5H2,1-4H3,(H,21,22). The Bertz CT molecular complexity index is 748. The largest absolute Gasteiger partial charge is 0.461 e. The Morgan fingerprint density at radius 1 is 1.04 bits per heavy atom. The van der Waals surface area contributed by atoms with E-state index in [1.807, 2.05) is 24.3 Å². The van der Waals surface area contributed by atoms with Gasteiger partial charge < -0.3 is 10.1 Å². The first-order chi connectivity index (χ1) is 11.3. The molecule has 2 aromatic rings. The summed E-state index contributed by atoms with van der Waals surface area (Å²) in [6.45, 7) is 8.22. The third-order valence-corrected chi connectivity index (χ3v) is 3.45. The Morgan fingerprint density at radius 3 is 2.38 bits per heavy atom. The molecule has 0 unspecified atom stereocenters. The number of hydrogen-bond acceptors (Lipinski definition) is 4. The number of pyridine rings is 1. The molecule has 0 aliphatic heterocycles. The third-order valence-electron chi connectivity index (χ3n) is 3.45. The van der Waals surface area contributed by atoms with Gasteiger partial charge in [0.1, 0.15) is 11.4 Å². The van der Waals surface area contributed by atoms with E-state index in [4.69, 9.17) is 4.74 Å².